The average Bonchev–Trinajstić information content (AvgIpc) is 1.68. The molecule has 0 bridgehead atoms. The first-order chi connectivity index (χ1) is 61.9. The lowest BCUT2D eigenvalue weighted by atomic mass is 9.82. The van der Waals surface area contributed by atoms with Gasteiger partial charge in [0.2, 0.25) is 12.6 Å². The molecule has 3 unspecified atom stereocenters. The summed E-state index contributed by atoms with van der Waals surface area (Å²) in [4.78, 5) is 0. The highest BCUT2D eigenvalue weighted by Gasteiger charge is 2.39. The molecule has 0 saturated heterocycles. The van der Waals surface area contributed by atoms with Crippen molar-refractivity contribution in [3.63, 3.8) is 0 Å². The highest BCUT2D eigenvalue weighted by atomic mass is 16.7. The molecule has 0 amide bonds. The predicted molar refractivity (Wildman–Crippen MR) is 593 cm³/mol. The number of benzene rings is 10. The van der Waals surface area contributed by atoms with Gasteiger partial charge < -0.3 is 61.6 Å². The number of hydrogen-bond acceptors (Lipinski definition) is 13. The van der Waals surface area contributed by atoms with Crippen molar-refractivity contribution in [1.29, 1.82) is 0 Å². The second kappa shape index (κ2) is 66.8. The van der Waals surface area contributed by atoms with Crippen LogP contribution >= 0.6 is 0 Å². The zero-order valence-electron chi connectivity index (χ0n) is 89.1. The fourth-order valence-corrected chi connectivity index (χ4v) is 12.8. The topological polar surface area (TPSA) is 120 Å². The Morgan fingerprint density at radius 3 is 0.659 bits per heavy atom. The smallest absolute Gasteiger partial charge is 0.246 e. The molecule has 0 fully saturated rings. The summed E-state index contributed by atoms with van der Waals surface area (Å²) in [5.41, 5.74) is 2.21. The quantitative estimate of drug-likeness (QED) is 0.143. The molecule has 3 atom stereocenters. The molecule has 7 aliphatic rings. The first-order valence-corrected chi connectivity index (χ1v) is 49.3. The van der Waals surface area contributed by atoms with E-state index >= 15 is 0 Å². The SMILES string of the molecule is C.C.C.C.C.CC.CC.CC.CC.CC.CC.CC.CC.CC.CC.CC(C)(C)C1CCc2ccccc2O1.CC(C)(C)C1COc2cc3ccccc3cc2O1.CC(C)(C)C1COc2cc3ccccc3cc2OC1.CC(C)(C)C1COc2ccccc2O1.CC(C)(C)C1COc2ccccc2OC1.CC(C)(C)C1Oc2cc3ccccc3cc2O1.CC(C)(C)C1Oc2ccccc2O1. The maximum absolute atomic E-state index is 6.08. The molecular weight excluding hydrogens is 1670 g/mol. The summed E-state index contributed by atoms with van der Waals surface area (Å²) in [5, 5.41) is 7.13. The van der Waals surface area contributed by atoms with Crippen molar-refractivity contribution >= 4 is 32.3 Å². The monoisotopic (exact) mass is 1870 g/mol. The number of fused-ring (bicyclic) bond motifs is 10. The molecule has 0 N–H and O–H groups in total. The third-order valence-corrected chi connectivity index (χ3v) is 20.7. The van der Waals surface area contributed by atoms with E-state index in [1.165, 1.54) is 37.9 Å². The van der Waals surface area contributed by atoms with Gasteiger partial charge in [0.25, 0.3) is 0 Å². The van der Waals surface area contributed by atoms with E-state index in [1.807, 2.05) is 254 Å². The number of ether oxygens (including phenoxy) is 13. The molecule has 766 valence electrons. The summed E-state index contributed by atoms with van der Waals surface area (Å²) in [5.74, 6) is 12.2. The Kier molecular flexibility index (Phi) is 66.2. The zero-order valence-corrected chi connectivity index (χ0v) is 89.1. The minimum Gasteiger partial charge on any atom is -0.490 e. The third kappa shape index (κ3) is 42.9. The van der Waals surface area contributed by atoms with Gasteiger partial charge in [-0.2, -0.15) is 0 Å². The fraction of sp³-hybridized carbons (Fsp3) is 0.557. The van der Waals surface area contributed by atoms with Crippen LogP contribution in [-0.4, -0.2) is 70.5 Å². The third-order valence-electron chi connectivity index (χ3n) is 20.7. The summed E-state index contributed by atoms with van der Waals surface area (Å²) in [6, 6.07) is 69.0. The minimum atomic E-state index is -0.200. The highest BCUT2D eigenvalue weighted by molar-refractivity contribution is 5.88. The van der Waals surface area contributed by atoms with Crippen molar-refractivity contribution in [1.82, 2.24) is 0 Å². The van der Waals surface area contributed by atoms with E-state index in [1.54, 1.807) is 0 Å². The van der Waals surface area contributed by atoms with Crippen molar-refractivity contribution in [2.24, 2.45) is 49.7 Å². The van der Waals surface area contributed by atoms with Gasteiger partial charge >= 0.3 is 0 Å². The van der Waals surface area contributed by atoms with Crippen molar-refractivity contribution in [3.05, 3.63) is 212 Å². The zero-order chi connectivity index (χ0) is 99.0. The van der Waals surface area contributed by atoms with E-state index in [4.69, 9.17) is 61.6 Å². The summed E-state index contributed by atoms with van der Waals surface area (Å²) in [6.07, 6.45) is 2.53. The van der Waals surface area contributed by atoms with Gasteiger partial charge in [-0.15, -0.1) is 0 Å². The van der Waals surface area contributed by atoms with Gasteiger partial charge in [-0.25, -0.2) is 0 Å². The van der Waals surface area contributed by atoms with Gasteiger partial charge in [0.05, 0.1) is 26.4 Å². The van der Waals surface area contributed by atoms with Gasteiger partial charge in [-0.1, -0.05) is 448 Å². The Morgan fingerprint density at radius 1 is 0.185 bits per heavy atom. The molecule has 7 heterocycles. The molecular formula is C122H200O13. The molecule has 135 heavy (non-hydrogen) atoms. The maximum atomic E-state index is 6.08. The van der Waals surface area contributed by atoms with Crippen LogP contribution < -0.4 is 61.6 Å². The van der Waals surface area contributed by atoms with Crippen LogP contribution in [0.3, 0.4) is 0 Å². The Morgan fingerprint density at radius 2 is 0.378 bits per heavy atom. The molecule has 10 aromatic carbocycles. The summed E-state index contributed by atoms with van der Waals surface area (Å²) in [6.45, 7) is 89.9. The Labute approximate surface area is 829 Å². The van der Waals surface area contributed by atoms with Crippen LogP contribution in [0.5, 0.6) is 74.7 Å². The van der Waals surface area contributed by atoms with E-state index in [2.05, 4.69) is 236 Å². The van der Waals surface area contributed by atoms with Crippen LogP contribution in [0.1, 0.15) is 333 Å². The molecule has 13 nitrogen and oxygen atoms in total. The standard InChI is InChI=1S/C17H20O2.C16H18O2.C15H16O2.C13H18O2.C13H18O.C12H16O2.C11H14O2.10C2H6.5CH4/c1-17(2,3)14-10-18-15-8-12-6-4-5-7-13(12)9-16(15)19-11-14;1-16(2,3)15-10-17-13-8-11-6-4-5-7-12(11)9-14(13)18-15;1-15(2,3)14-16-12-8-10-6-4-5-7-11(10)9-13(12)17-14;1-13(2,3)10-8-14-11-6-4-5-7-12(11)15-9-10;1-13(2,3)12-9-8-10-6-4-5-7-11(10)14-12;1-12(2,3)11-8-13-9-6-4-5-7-10(9)14-11;1-11(2,3)10-12-8-6-4-5-7-9(8)13-10;10*1-2;;;;;/h4-9,14H,10-11H2,1-3H3;4-9,15H,10H2,1-3H3;4-9,14H,1-3H3;4-7,10H,8-9H2,1-3H3;4-7,12H,8-9H2,1-3H3;4-7,11H,8H2,1-3H3;4-7,10H,1-3H3;10*1-2H3;5*1H4. The van der Waals surface area contributed by atoms with E-state index in [0.717, 1.165) is 114 Å². The number of para-hydroxylation sites is 7. The van der Waals surface area contributed by atoms with Gasteiger partial charge in [0.1, 0.15) is 37.3 Å². The minimum absolute atomic E-state index is 0. The normalized spacial score (nSPS) is 15.0. The average molecular weight is 1870 g/mol. The van der Waals surface area contributed by atoms with Crippen molar-refractivity contribution < 1.29 is 61.6 Å². The van der Waals surface area contributed by atoms with Crippen LogP contribution in [0.4, 0.5) is 0 Å². The highest BCUT2D eigenvalue weighted by Crippen LogP contribution is 2.46. The lowest BCUT2D eigenvalue weighted by Crippen LogP contribution is -2.39. The van der Waals surface area contributed by atoms with Crippen LogP contribution in [0.2, 0.25) is 0 Å². The van der Waals surface area contributed by atoms with Gasteiger partial charge in [-0.3, -0.25) is 0 Å². The van der Waals surface area contributed by atoms with E-state index in [0.29, 0.717) is 31.2 Å². The van der Waals surface area contributed by atoms with Gasteiger partial charge in [0, 0.05) is 33.5 Å². The van der Waals surface area contributed by atoms with Gasteiger partial charge in [-0.05, 0) is 146 Å². The molecule has 7 aliphatic heterocycles. The molecule has 10 aromatic rings. The lowest BCUT2D eigenvalue weighted by Gasteiger charge is -2.35. The van der Waals surface area contributed by atoms with Crippen molar-refractivity contribution in [3.8, 4) is 74.7 Å². The maximum Gasteiger partial charge on any atom is 0.246 e. The Bertz CT molecular complexity index is 4470. The molecule has 0 aromatic heterocycles. The molecule has 17 rings (SSSR count). The van der Waals surface area contributed by atoms with Crippen molar-refractivity contribution in [2.75, 3.05) is 39.6 Å². The van der Waals surface area contributed by atoms with Gasteiger partial charge in [0.15, 0.2) is 69.0 Å². The first-order valence-electron chi connectivity index (χ1n) is 49.3. The number of rotatable bonds is 0. The fourth-order valence-electron chi connectivity index (χ4n) is 12.8. The number of hydrogen-bond donors (Lipinski definition) is 0. The first kappa shape index (κ1) is 134. The summed E-state index contributed by atoms with van der Waals surface area (Å²) < 4.78 is 75.9. The van der Waals surface area contributed by atoms with Crippen molar-refractivity contribution in [2.45, 2.75) is 365 Å². The molecule has 13 heteroatoms. The molecule has 0 aliphatic carbocycles. The van der Waals surface area contributed by atoms with E-state index in [9.17, 15) is 0 Å². The predicted octanol–water partition coefficient (Wildman–Crippen LogP) is 38.0. The van der Waals surface area contributed by atoms with Crippen LogP contribution in [-0.2, 0) is 6.42 Å². The second-order valence-corrected chi connectivity index (χ2v) is 37.2. The number of aryl methyl sites for hydroxylation is 1. The van der Waals surface area contributed by atoms with E-state index < -0.39 is 0 Å². The summed E-state index contributed by atoms with van der Waals surface area (Å²) in [7, 11) is 0. The molecule has 0 radical (unpaired) electrons. The Hall–Kier alpha value is -9.62. The molecule has 0 spiro atoms. The van der Waals surface area contributed by atoms with Crippen LogP contribution in [0, 0.1) is 49.7 Å². The van der Waals surface area contributed by atoms with Crippen LogP contribution in [0.15, 0.2) is 206 Å². The van der Waals surface area contributed by atoms with Crippen LogP contribution in [0.25, 0.3) is 32.3 Å². The Balaban J connectivity index is -0.000000470. The largest absolute Gasteiger partial charge is 0.490 e. The van der Waals surface area contributed by atoms with E-state index in [-0.39, 0.29) is 99.8 Å². The lowest BCUT2D eigenvalue weighted by molar-refractivity contribution is -0.0396. The summed E-state index contributed by atoms with van der Waals surface area (Å²) >= 11 is 0. The molecule has 0 saturated carbocycles. The second-order valence-electron chi connectivity index (χ2n) is 37.2.